The van der Waals surface area contributed by atoms with E-state index in [0.717, 1.165) is 54.8 Å². The maximum absolute atomic E-state index is 13.3. The van der Waals surface area contributed by atoms with Crippen molar-refractivity contribution in [1.29, 1.82) is 0 Å². The molecule has 0 amide bonds. The van der Waals surface area contributed by atoms with E-state index in [9.17, 15) is 9.59 Å². The van der Waals surface area contributed by atoms with Crippen LogP contribution in [-0.4, -0.2) is 25.0 Å². The lowest BCUT2D eigenvalue weighted by Crippen LogP contribution is -2.39. The standard InChI is InChI=1S/C25H31NO4/c1-15-21(24(28)30-18-7-5-6-8-18)22(16-9-11-17(29-4)12-10-16)23-19(26-15)13-25(2,3)14-20(23)27/h9-12,18,22,26H,5-8,13-14H2,1-4H3/t22-/m0/s1. The van der Waals surface area contributed by atoms with Gasteiger partial charge in [0.05, 0.1) is 12.7 Å². The quantitative estimate of drug-likeness (QED) is 0.725. The molecule has 1 aromatic carbocycles. The lowest BCUT2D eigenvalue weighted by Gasteiger charge is -2.39. The second-order valence-electron chi connectivity index (χ2n) is 9.51. The SMILES string of the molecule is COc1ccc([C@H]2C(C(=O)OC3CCCC3)=C(C)NC3=C2C(=O)CC(C)(C)C3)cc1. The van der Waals surface area contributed by atoms with Crippen molar-refractivity contribution >= 4 is 11.8 Å². The van der Waals surface area contributed by atoms with Gasteiger partial charge >= 0.3 is 5.97 Å². The van der Waals surface area contributed by atoms with Crippen LogP contribution in [0, 0.1) is 5.41 Å². The molecule has 0 saturated heterocycles. The van der Waals surface area contributed by atoms with Crippen molar-refractivity contribution in [3.8, 4) is 5.75 Å². The van der Waals surface area contributed by atoms with Crippen LogP contribution in [0.5, 0.6) is 5.75 Å². The van der Waals surface area contributed by atoms with Gasteiger partial charge in [-0.3, -0.25) is 4.79 Å². The van der Waals surface area contributed by atoms with Gasteiger partial charge in [-0.15, -0.1) is 0 Å². The van der Waals surface area contributed by atoms with Crippen molar-refractivity contribution in [3.05, 3.63) is 52.4 Å². The summed E-state index contributed by atoms with van der Waals surface area (Å²) >= 11 is 0. The highest BCUT2D eigenvalue weighted by atomic mass is 16.5. The zero-order valence-corrected chi connectivity index (χ0v) is 18.3. The first-order chi connectivity index (χ1) is 14.3. The Morgan fingerprint density at radius 3 is 2.40 bits per heavy atom. The number of carbonyl (C=O) groups is 2. The predicted molar refractivity (Wildman–Crippen MR) is 115 cm³/mol. The van der Waals surface area contributed by atoms with Gasteiger partial charge in [-0.2, -0.15) is 0 Å². The zero-order valence-electron chi connectivity index (χ0n) is 18.3. The number of dihydropyridines is 1. The van der Waals surface area contributed by atoms with E-state index in [1.165, 1.54) is 0 Å². The number of allylic oxidation sites excluding steroid dienone is 3. The minimum Gasteiger partial charge on any atom is -0.497 e. The van der Waals surface area contributed by atoms with Crippen LogP contribution in [0.15, 0.2) is 46.8 Å². The average Bonchev–Trinajstić information content (AvgIpc) is 3.18. The summed E-state index contributed by atoms with van der Waals surface area (Å²) in [7, 11) is 1.63. The van der Waals surface area contributed by atoms with Crippen LogP contribution in [0.4, 0.5) is 0 Å². The molecule has 1 atom stereocenters. The number of rotatable bonds is 4. The molecular formula is C25H31NO4. The first kappa shape index (κ1) is 20.7. The van der Waals surface area contributed by atoms with Gasteiger partial charge in [0.1, 0.15) is 11.9 Å². The van der Waals surface area contributed by atoms with Gasteiger partial charge in [-0.1, -0.05) is 26.0 Å². The topological polar surface area (TPSA) is 64.6 Å². The summed E-state index contributed by atoms with van der Waals surface area (Å²) in [6, 6.07) is 7.65. The van der Waals surface area contributed by atoms with E-state index >= 15 is 0 Å². The van der Waals surface area contributed by atoms with E-state index in [1.54, 1.807) is 7.11 Å². The third-order valence-electron chi connectivity index (χ3n) is 6.48. The minimum absolute atomic E-state index is 0.0225. The molecule has 4 rings (SSSR count). The number of benzene rings is 1. The van der Waals surface area contributed by atoms with E-state index in [-0.39, 0.29) is 23.3 Å². The smallest absolute Gasteiger partial charge is 0.337 e. The molecule has 0 unspecified atom stereocenters. The predicted octanol–water partition coefficient (Wildman–Crippen LogP) is 4.79. The molecule has 0 bridgehead atoms. The highest BCUT2D eigenvalue weighted by Gasteiger charge is 2.43. The summed E-state index contributed by atoms with van der Waals surface area (Å²) in [6.45, 7) is 6.14. The molecule has 30 heavy (non-hydrogen) atoms. The number of hydrogen-bond acceptors (Lipinski definition) is 5. The molecule has 5 heteroatoms. The zero-order chi connectivity index (χ0) is 21.5. The maximum Gasteiger partial charge on any atom is 0.337 e. The maximum atomic E-state index is 13.3. The number of Topliss-reactive ketones (excluding diaryl/α,β-unsaturated/α-hetero) is 1. The van der Waals surface area contributed by atoms with E-state index in [2.05, 4.69) is 19.2 Å². The van der Waals surface area contributed by atoms with Crippen LogP contribution in [0.3, 0.4) is 0 Å². The van der Waals surface area contributed by atoms with Gasteiger partial charge in [0.25, 0.3) is 0 Å². The van der Waals surface area contributed by atoms with Crippen LogP contribution in [0.2, 0.25) is 0 Å². The van der Waals surface area contributed by atoms with Gasteiger partial charge < -0.3 is 14.8 Å². The van der Waals surface area contributed by atoms with Gasteiger partial charge in [0, 0.05) is 29.3 Å². The highest BCUT2D eigenvalue weighted by molar-refractivity contribution is 6.04. The van der Waals surface area contributed by atoms with Crippen LogP contribution >= 0.6 is 0 Å². The van der Waals surface area contributed by atoms with E-state index in [4.69, 9.17) is 9.47 Å². The number of ether oxygens (including phenoxy) is 2. The van der Waals surface area contributed by atoms with Crippen LogP contribution in [0.1, 0.15) is 70.8 Å². The molecule has 1 fully saturated rings. The molecule has 0 radical (unpaired) electrons. The summed E-state index contributed by atoms with van der Waals surface area (Å²) in [5, 5.41) is 3.40. The van der Waals surface area contributed by atoms with Crippen molar-refractivity contribution in [2.45, 2.75) is 71.3 Å². The molecule has 0 spiro atoms. The van der Waals surface area contributed by atoms with Crippen molar-refractivity contribution in [2.24, 2.45) is 5.41 Å². The molecule has 1 N–H and O–H groups in total. The molecule has 2 aliphatic carbocycles. The first-order valence-corrected chi connectivity index (χ1v) is 10.9. The fourth-order valence-electron chi connectivity index (χ4n) is 5.06. The molecule has 1 saturated carbocycles. The lowest BCUT2D eigenvalue weighted by atomic mass is 9.68. The fourth-order valence-corrected chi connectivity index (χ4v) is 5.06. The van der Waals surface area contributed by atoms with Crippen LogP contribution in [-0.2, 0) is 14.3 Å². The fraction of sp³-hybridized carbons (Fsp3) is 0.520. The number of ketones is 1. The largest absolute Gasteiger partial charge is 0.497 e. The Kier molecular flexibility index (Phi) is 5.48. The minimum atomic E-state index is -0.412. The molecule has 5 nitrogen and oxygen atoms in total. The summed E-state index contributed by atoms with van der Waals surface area (Å²) in [6.07, 6.45) is 5.26. The summed E-state index contributed by atoms with van der Waals surface area (Å²) in [5.74, 6) is 0.128. The Morgan fingerprint density at radius 2 is 1.77 bits per heavy atom. The first-order valence-electron chi connectivity index (χ1n) is 10.9. The molecular weight excluding hydrogens is 378 g/mol. The number of methoxy groups -OCH3 is 1. The van der Waals surface area contributed by atoms with Gasteiger partial charge in [0.2, 0.25) is 0 Å². The monoisotopic (exact) mass is 409 g/mol. The van der Waals surface area contributed by atoms with E-state index in [0.29, 0.717) is 17.6 Å². The van der Waals surface area contributed by atoms with Crippen LogP contribution in [0.25, 0.3) is 0 Å². The number of esters is 1. The Hall–Kier alpha value is -2.56. The second-order valence-corrected chi connectivity index (χ2v) is 9.51. The molecule has 160 valence electrons. The Balaban J connectivity index is 1.77. The highest BCUT2D eigenvalue weighted by Crippen LogP contribution is 2.47. The normalized spacial score (nSPS) is 23.9. The van der Waals surface area contributed by atoms with Gasteiger partial charge in [-0.05, 0) is 62.1 Å². The molecule has 0 aromatic heterocycles. The van der Waals surface area contributed by atoms with E-state index < -0.39 is 5.92 Å². The van der Waals surface area contributed by atoms with Crippen LogP contribution < -0.4 is 10.1 Å². The summed E-state index contributed by atoms with van der Waals surface area (Å²) in [4.78, 5) is 26.6. The Bertz CT molecular complexity index is 917. The molecule has 1 aromatic rings. The lowest BCUT2D eigenvalue weighted by molar-refractivity contribution is -0.144. The van der Waals surface area contributed by atoms with Crippen molar-refractivity contribution in [1.82, 2.24) is 5.32 Å². The number of nitrogens with one attached hydrogen (secondary N) is 1. The number of hydrogen-bond donors (Lipinski definition) is 1. The summed E-state index contributed by atoms with van der Waals surface area (Å²) in [5.41, 5.74) is 3.79. The molecule has 1 heterocycles. The third-order valence-corrected chi connectivity index (χ3v) is 6.48. The van der Waals surface area contributed by atoms with Crippen molar-refractivity contribution in [3.63, 3.8) is 0 Å². The number of carbonyl (C=O) groups excluding carboxylic acids is 2. The van der Waals surface area contributed by atoms with Crippen molar-refractivity contribution < 1.29 is 19.1 Å². The molecule has 3 aliphatic rings. The Labute approximate surface area is 178 Å². The van der Waals surface area contributed by atoms with E-state index in [1.807, 2.05) is 31.2 Å². The van der Waals surface area contributed by atoms with Gasteiger partial charge in [0.15, 0.2) is 5.78 Å². The molecule has 1 aliphatic heterocycles. The summed E-state index contributed by atoms with van der Waals surface area (Å²) < 4.78 is 11.2. The second kappa shape index (κ2) is 7.93. The van der Waals surface area contributed by atoms with Gasteiger partial charge in [-0.25, -0.2) is 4.79 Å². The third kappa shape index (κ3) is 3.90. The average molecular weight is 410 g/mol. The van der Waals surface area contributed by atoms with Crippen molar-refractivity contribution in [2.75, 3.05) is 7.11 Å². The Morgan fingerprint density at radius 1 is 1.10 bits per heavy atom.